The molecule has 8 nitrogen and oxygen atoms in total. The Morgan fingerprint density at radius 1 is 0.978 bits per heavy atom. The van der Waals surface area contributed by atoms with E-state index in [1.54, 1.807) is 6.20 Å². The van der Waals surface area contributed by atoms with Crippen molar-refractivity contribution in [2.75, 3.05) is 18.5 Å². The minimum Gasteiger partial charge on any atom is -0.481 e. The summed E-state index contributed by atoms with van der Waals surface area (Å²) in [5.74, 6) is 0.379. The zero-order valence-electron chi connectivity index (χ0n) is 25.7. The number of amides is 1. The van der Waals surface area contributed by atoms with Crippen LogP contribution >= 0.6 is 0 Å². The highest BCUT2D eigenvalue weighted by atomic mass is 19.4. The van der Waals surface area contributed by atoms with Gasteiger partial charge in [-0.25, -0.2) is 9.78 Å². The van der Waals surface area contributed by atoms with Crippen LogP contribution in [0, 0.1) is 11.8 Å². The molecule has 252 valence electrons. The average molecular weight is 657 g/mol. The first-order chi connectivity index (χ1) is 21.6. The molecular weight excluding hydrogens is 618 g/mol. The Balaban J connectivity index is 1.39. The van der Waals surface area contributed by atoms with Crippen LogP contribution in [0.3, 0.4) is 0 Å². The van der Waals surface area contributed by atoms with Crippen molar-refractivity contribution in [1.29, 1.82) is 0 Å². The van der Waals surface area contributed by atoms with Gasteiger partial charge < -0.3 is 14.7 Å². The van der Waals surface area contributed by atoms with Gasteiger partial charge in [0.1, 0.15) is 11.8 Å². The summed E-state index contributed by atoms with van der Waals surface area (Å²) < 4.78 is 86.7. The van der Waals surface area contributed by atoms with E-state index >= 15 is 0 Å². The van der Waals surface area contributed by atoms with Crippen LogP contribution in [-0.4, -0.2) is 51.7 Å². The summed E-state index contributed by atoms with van der Waals surface area (Å²) in [5, 5.41) is 9.13. The maximum atomic E-state index is 13.6. The van der Waals surface area contributed by atoms with Crippen LogP contribution in [0.15, 0.2) is 24.4 Å². The van der Waals surface area contributed by atoms with Gasteiger partial charge in [-0.3, -0.25) is 14.7 Å². The Morgan fingerprint density at radius 2 is 1.57 bits per heavy atom. The summed E-state index contributed by atoms with van der Waals surface area (Å²) in [6, 6.07) is 0.334. The molecule has 2 saturated carbocycles. The summed E-state index contributed by atoms with van der Waals surface area (Å²) in [4.78, 5) is 37.2. The summed E-state index contributed by atoms with van der Waals surface area (Å²) >= 11 is 0. The molecule has 1 aliphatic heterocycles. The number of hydrogen-bond acceptors (Lipinski definition) is 6. The van der Waals surface area contributed by atoms with Crippen LogP contribution in [0.5, 0.6) is 0 Å². The van der Waals surface area contributed by atoms with Crippen molar-refractivity contribution < 1.29 is 45.8 Å². The molecule has 2 aliphatic carbocycles. The van der Waals surface area contributed by atoms with Crippen LogP contribution in [0.4, 0.5) is 37.0 Å². The number of ether oxygens (including phenoxy) is 1. The molecule has 14 heteroatoms. The number of anilines is 1. The minimum absolute atomic E-state index is 0.0492. The fourth-order valence-electron chi connectivity index (χ4n) is 7.08. The Kier molecular flexibility index (Phi) is 9.74. The molecule has 2 atom stereocenters. The van der Waals surface area contributed by atoms with Crippen LogP contribution in [-0.2, 0) is 28.4 Å². The van der Waals surface area contributed by atoms with E-state index in [1.807, 2.05) is 11.9 Å². The predicted octanol–water partition coefficient (Wildman–Crippen LogP) is 7.97. The van der Waals surface area contributed by atoms with Crippen molar-refractivity contribution in [3.05, 3.63) is 52.5 Å². The molecule has 46 heavy (non-hydrogen) atoms. The summed E-state index contributed by atoms with van der Waals surface area (Å²) in [6.07, 6.45) is -3.06. The highest BCUT2D eigenvalue weighted by molar-refractivity contribution is 5.71. The van der Waals surface area contributed by atoms with Crippen molar-refractivity contribution >= 4 is 17.9 Å². The smallest absolute Gasteiger partial charge is 0.416 e. The molecule has 0 bridgehead atoms. The number of carbonyl (C=O) groups excluding carboxylic acids is 1. The highest BCUT2D eigenvalue weighted by Gasteiger charge is 2.44. The first-order valence-corrected chi connectivity index (χ1v) is 15.7. The topological polar surface area (TPSA) is 95.9 Å². The summed E-state index contributed by atoms with van der Waals surface area (Å²) in [7, 11) is 1.86. The molecule has 5 rings (SSSR count). The number of benzene rings is 1. The quantitative estimate of drug-likeness (QED) is 0.274. The fraction of sp³-hybridized carbons (Fsp3) is 0.625. The number of aromatic nitrogens is 2. The van der Waals surface area contributed by atoms with Gasteiger partial charge in [0.15, 0.2) is 5.82 Å². The van der Waals surface area contributed by atoms with E-state index < -0.39 is 53.3 Å². The number of halogens is 6. The highest BCUT2D eigenvalue weighted by Crippen LogP contribution is 2.42. The molecule has 1 aromatic heterocycles. The summed E-state index contributed by atoms with van der Waals surface area (Å²) in [6.45, 7) is 2.05. The van der Waals surface area contributed by atoms with Gasteiger partial charge in [-0.15, -0.1) is 0 Å². The molecule has 1 saturated heterocycles. The number of alkyl halides is 6. The molecule has 0 spiro atoms. The molecule has 0 radical (unpaired) electrons. The lowest BCUT2D eigenvalue weighted by atomic mass is 9.80. The third-order valence-corrected chi connectivity index (χ3v) is 9.59. The molecule has 3 fully saturated rings. The lowest BCUT2D eigenvalue weighted by molar-refractivity contribution is -0.143. The number of hydrogen-bond donors (Lipinski definition) is 1. The maximum Gasteiger partial charge on any atom is 0.416 e. The average Bonchev–Trinajstić information content (AvgIpc) is 3.62. The van der Waals surface area contributed by atoms with Crippen LogP contribution in [0.2, 0.25) is 0 Å². The number of carboxylic acids is 1. The van der Waals surface area contributed by atoms with Crippen LogP contribution in [0.25, 0.3) is 0 Å². The van der Waals surface area contributed by atoms with E-state index in [9.17, 15) is 35.9 Å². The standard InChI is InChI=1S/C32H38F6N4O4/c1-18-28(22-12-23(31(33,34)35)14-24(13-22)32(36,37)38)46-30(45)42(18)17-26-29(39-15-25(40-26)21-5-3-4-6-21)41(2)16-20-9-7-19(8-10-20)11-27(43)44/h12-15,18-21,28H,3-11,16-17H2,1-2H3,(H,43,44)/t18-,19?,20?,28-/m0/s1. The lowest BCUT2D eigenvalue weighted by Crippen LogP contribution is -2.34. The Bertz CT molecular complexity index is 1390. The Morgan fingerprint density at radius 3 is 2.13 bits per heavy atom. The second kappa shape index (κ2) is 13.3. The van der Waals surface area contributed by atoms with Crippen molar-refractivity contribution in [2.24, 2.45) is 11.8 Å². The van der Waals surface area contributed by atoms with E-state index in [2.05, 4.69) is 0 Å². The third-order valence-electron chi connectivity index (χ3n) is 9.59. The molecular formula is C32H38F6N4O4. The second-order valence-corrected chi connectivity index (χ2v) is 12.9. The van der Waals surface area contributed by atoms with E-state index in [-0.39, 0.29) is 30.9 Å². The van der Waals surface area contributed by atoms with Gasteiger partial charge in [0.05, 0.1) is 35.6 Å². The van der Waals surface area contributed by atoms with Gasteiger partial charge in [0.25, 0.3) is 0 Å². The van der Waals surface area contributed by atoms with Crippen LogP contribution < -0.4 is 4.90 Å². The molecule has 1 aromatic carbocycles. The van der Waals surface area contributed by atoms with Crippen molar-refractivity contribution in [2.45, 2.75) is 102 Å². The number of carboxylic acid groups (broad SMARTS) is 1. The number of aliphatic carboxylic acids is 1. The van der Waals surface area contributed by atoms with Gasteiger partial charge in [-0.05, 0) is 81.0 Å². The summed E-state index contributed by atoms with van der Waals surface area (Å²) in [5.41, 5.74) is -2.10. The normalized spacial score (nSPS) is 24.3. The van der Waals surface area contributed by atoms with Crippen molar-refractivity contribution in [3.8, 4) is 0 Å². The number of cyclic esters (lactones) is 1. The van der Waals surface area contributed by atoms with E-state index in [1.165, 1.54) is 11.8 Å². The molecule has 2 aromatic rings. The predicted molar refractivity (Wildman–Crippen MR) is 155 cm³/mol. The zero-order chi connectivity index (χ0) is 33.4. The Hall–Kier alpha value is -3.58. The lowest BCUT2D eigenvalue weighted by Gasteiger charge is -2.32. The van der Waals surface area contributed by atoms with Crippen LogP contribution in [0.1, 0.15) is 105 Å². The Labute approximate surface area is 263 Å². The van der Waals surface area contributed by atoms with Gasteiger partial charge in [-0.2, -0.15) is 26.3 Å². The van der Waals surface area contributed by atoms with E-state index in [4.69, 9.17) is 19.8 Å². The van der Waals surface area contributed by atoms with Gasteiger partial charge in [0.2, 0.25) is 0 Å². The molecule has 1 amide bonds. The van der Waals surface area contributed by atoms with Crippen molar-refractivity contribution in [1.82, 2.24) is 14.9 Å². The second-order valence-electron chi connectivity index (χ2n) is 12.9. The van der Waals surface area contributed by atoms with Crippen molar-refractivity contribution in [3.63, 3.8) is 0 Å². The molecule has 2 heterocycles. The molecule has 3 aliphatic rings. The van der Waals surface area contributed by atoms with Gasteiger partial charge >= 0.3 is 24.4 Å². The SMILES string of the molecule is C[C@H]1[C@@H](c2cc(C(F)(F)F)cc(C(F)(F)F)c2)OC(=O)N1Cc1nc(C2CCCC2)cnc1N(C)CC1CCC(CC(=O)O)CC1. The molecule has 1 N–H and O–H groups in total. The third kappa shape index (κ3) is 7.68. The number of rotatable bonds is 9. The zero-order valence-corrected chi connectivity index (χ0v) is 25.7. The van der Waals surface area contributed by atoms with E-state index in [0.717, 1.165) is 57.1 Å². The first kappa shape index (κ1) is 33.8. The number of carbonyl (C=O) groups is 2. The fourth-order valence-corrected chi connectivity index (χ4v) is 7.08. The maximum absolute atomic E-state index is 13.6. The van der Waals surface area contributed by atoms with Gasteiger partial charge in [-0.1, -0.05) is 12.8 Å². The molecule has 0 unspecified atom stereocenters. The minimum atomic E-state index is -5.03. The van der Waals surface area contributed by atoms with Gasteiger partial charge in [0, 0.05) is 25.9 Å². The van der Waals surface area contributed by atoms with E-state index in [0.29, 0.717) is 36.1 Å². The monoisotopic (exact) mass is 656 g/mol. The number of nitrogens with zero attached hydrogens (tertiary/aromatic N) is 4. The largest absolute Gasteiger partial charge is 0.481 e. The first-order valence-electron chi connectivity index (χ1n) is 15.7.